The molecule has 3 nitrogen and oxygen atoms in total. The lowest BCUT2D eigenvalue weighted by Gasteiger charge is -2.32. The number of piperidine rings is 1. The number of halogens is 1. The van der Waals surface area contributed by atoms with Crippen molar-refractivity contribution >= 4 is 11.6 Å². The highest BCUT2D eigenvalue weighted by Gasteiger charge is 2.18. The summed E-state index contributed by atoms with van der Waals surface area (Å²) >= 11 is 5.88. The average Bonchev–Trinajstić information content (AvgIpc) is 2.37. The van der Waals surface area contributed by atoms with Crippen LogP contribution in [0.3, 0.4) is 0 Å². The molecule has 0 aromatic heterocycles. The lowest BCUT2D eigenvalue weighted by molar-refractivity contribution is 0.181. The molecular formula is C14H21ClN2O. The number of benzene rings is 1. The van der Waals surface area contributed by atoms with Crippen molar-refractivity contribution in [1.82, 2.24) is 10.2 Å². The maximum atomic E-state index is 9.80. The van der Waals surface area contributed by atoms with Crippen molar-refractivity contribution in [2.75, 3.05) is 20.1 Å². The van der Waals surface area contributed by atoms with Gasteiger partial charge in [0.25, 0.3) is 0 Å². The average molecular weight is 269 g/mol. The number of nitrogens with one attached hydrogen (secondary N) is 1. The van der Waals surface area contributed by atoms with E-state index in [4.69, 9.17) is 11.6 Å². The molecule has 1 heterocycles. The van der Waals surface area contributed by atoms with Crippen LogP contribution in [0.25, 0.3) is 0 Å². The number of aromatic hydroxyl groups is 1. The first-order chi connectivity index (χ1) is 8.68. The Hall–Kier alpha value is -0.770. The number of likely N-dealkylation sites (tertiary alicyclic amines) is 1. The Balaban J connectivity index is 1.83. The molecule has 2 rings (SSSR count). The fraction of sp³-hybridized carbons (Fsp3) is 0.571. The summed E-state index contributed by atoms with van der Waals surface area (Å²) in [5.74, 6) is 0.198. The Kier molecular flexibility index (Phi) is 4.87. The molecule has 0 radical (unpaired) electrons. The number of para-hydroxylation sites is 1. The predicted octanol–water partition coefficient (Wildman–Crippen LogP) is 2.62. The van der Waals surface area contributed by atoms with Crippen molar-refractivity contribution < 1.29 is 5.11 Å². The number of nitrogens with zero attached hydrogens (tertiary/aromatic N) is 1. The van der Waals surface area contributed by atoms with Crippen molar-refractivity contribution in [2.45, 2.75) is 31.8 Å². The molecule has 1 aromatic carbocycles. The van der Waals surface area contributed by atoms with Gasteiger partial charge in [-0.15, -0.1) is 0 Å². The molecule has 4 heteroatoms. The van der Waals surface area contributed by atoms with Gasteiger partial charge in [0.05, 0.1) is 5.02 Å². The van der Waals surface area contributed by atoms with Gasteiger partial charge in [-0.05, 0) is 32.5 Å². The highest BCUT2D eigenvalue weighted by molar-refractivity contribution is 6.32. The third-order valence-electron chi connectivity index (χ3n) is 3.69. The quantitative estimate of drug-likeness (QED) is 0.881. The fourth-order valence-corrected chi connectivity index (χ4v) is 2.67. The summed E-state index contributed by atoms with van der Waals surface area (Å²) in [5.41, 5.74) is 0.862. The number of likely N-dealkylation sites (N-methyl/N-ethyl adjacent to an activating group) is 1. The van der Waals surface area contributed by atoms with E-state index in [1.807, 2.05) is 12.1 Å². The van der Waals surface area contributed by atoms with Gasteiger partial charge >= 0.3 is 0 Å². The van der Waals surface area contributed by atoms with E-state index in [1.165, 1.54) is 25.8 Å². The molecule has 0 aliphatic carbocycles. The van der Waals surface area contributed by atoms with Gasteiger partial charge in [0, 0.05) is 24.7 Å². The van der Waals surface area contributed by atoms with E-state index >= 15 is 0 Å². The molecule has 2 N–H and O–H groups in total. The van der Waals surface area contributed by atoms with Crippen LogP contribution < -0.4 is 5.32 Å². The number of hydrogen-bond acceptors (Lipinski definition) is 3. The fourth-order valence-electron chi connectivity index (χ4n) is 2.48. The Bertz CT molecular complexity index is 397. The van der Waals surface area contributed by atoms with Gasteiger partial charge in [-0.2, -0.15) is 0 Å². The second-order valence-electron chi connectivity index (χ2n) is 5.01. The standard InChI is InChI=1S/C14H21ClN2O/c1-17-8-3-2-6-12(17)10-16-9-11-5-4-7-13(15)14(11)18/h4-5,7,12,16,18H,2-3,6,8-10H2,1H3. The van der Waals surface area contributed by atoms with Crippen molar-refractivity contribution in [3.8, 4) is 5.75 Å². The van der Waals surface area contributed by atoms with Crippen LogP contribution in [0.15, 0.2) is 18.2 Å². The summed E-state index contributed by atoms with van der Waals surface area (Å²) in [6.45, 7) is 2.81. The predicted molar refractivity (Wildman–Crippen MR) is 75.1 cm³/mol. The molecule has 100 valence electrons. The van der Waals surface area contributed by atoms with E-state index in [9.17, 15) is 5.11 Å². The minimum Gasteiger partial charge on any atom is -0.506 e. The molecule has 1 atom stereocenters. The van der Waals surface area contributed by atoms with Crippen LogP contribution in [0.4, 0.5) is 0 Å². The SMILES string of the molecule is CN1CCCCC1CNCc1cccc(Cl)c1O. The molecule has 18 heavy (non-hydrogen) atoms. The largest absolute Gasteiger partial charge is 0.506 e. The summed E-state index contributed by atoms with van der Waals surface area (Å²) in [6, 6.07) is 6.08. The van der Waals surface area contributed by atoms with Gasteiger partial charge in [0.1, 0.15) is 5.75 Å². The minimum atomic E-state index is 0.198. The Labute approximate surface area is 114 Å². The van der Waals surface area contributed by atoms with E-state index in [2.05, 4.69) is 17.3 Å². The molecule has 1 fully saturated rings. The summed E-state index contributed by atoms with van der Waals surface area (Å²) in [4.78, 5) is 2.41. The molecule has 1 aliphatic rings. The molecule has 0 saturated carbocycles. The van der Waals surface area contributed by atoms with Gasteiger partial charge in [-0.1, -0.05) is 30.2 Å². The van der Waals surface area contributed by atoms with Crippen LogP contribution in [0, 0.1) is 0 Å². The Morgan fingerprint density at radius 1 is 1.44 bits per heavy atom. The van der Waals surface area contributed by atoms with Gasteiger partial charge in [-0.25, -0.2) is 0 Å². The summed E-state index contributed by atoms with van der Waals surface area (Å²) in [6.07, 6.45) is 3.88. The summed E-state index contributed by atoms with van der Waals surface area (Å²) in [7, 11) is 2.18. The monoisotopic (exact) mass is 268 g/mol. The van der Waals surface area contributed by atoms with E-state index in [-0.39, 0.29) is 5.75 Å². The molecule has 0 spiro atoms. The smallest absolute Gasteiger partial charge is 0.138 e. The third-order valence-corrected chi connectivity index (χ3v) is 3.99. The first-order valence-electron chi connectivity index (χ1n) is 6.56. The normalized spacial score (nSPS) is 21.1. The second-order valence-corrected chi connectivity index (χ2v) is 5.42. The number of phenols is 1. The topological polar surface area (TPSA) is 35.5 Å². The maximum Gasteiger partial charge on any atom is 0.138 e. The first-order valence-corrected chi connectivity index (χ1v) is 6.93. The number of phenolic OH excluding ortho intramolecular Hbond substituents is 1. The molecule has 1 unspecified atom stereocenters. The highest BCUT2D eigenvalue weighted by atomic mass is 35.5. The van der Waals surface area contributed by atoms with Crippen LogP contribution in [0.5, 0.6) is 5.75 Å². The van der Waals surface area contributed by atoms with Crippen LogP contribution in [0.1, 0.15) is 24.8 Å². The number of rotatable bonds is 4. The third kappa shape index (κ3) is 3.37. The molecule has 1 aliphatic heterocycles. The molecule has 1 aromatic rings. The van der Waals surface area contributed by atoms with E-state index in [0.717, 1.165) is 12.1 Å². The summed E-state index contributed by atoms with van der Waals surface area (Å²) in [5, 5.41) is 13.6. The van der Waals surface area contributed by atoms with Crippen molar-refractivity contribution in [1.29, 1.82) is 0 Å². The first kappa shape index (κ1) is 13.7. The van der Waals surface area contributed by atoms with E-state index in [0.29, 0.717) is 17.6 Å². The lowest BCUT2D eigenvalue weighted by Crippen LogP contribution is -2.42. The van der Waals surface area contributed by atoms with Crippen molar-refractivity contribution in [3.63, 3.8) is 0 Å². The minimum absolute atomic E-state index is 0.198. The Morgan fingerprint density at radius 3 is 3.06 bits per heavy atom. The molecular weight excluding hydrogens is 248 g/mol. The van der Waals surface area contributed by atoms with Crippen LogP contribution in [0.2, 0.25) is 5.02 Å². The van der Waals surface area contributed by atoms with Crippen molar-refractivity contribution in [2.24, 2.45) is 0 Å². The molecule has 0 amide bonds. The molecule has 0 bridgehead atoms. The van der Waals surface area contributed by atoms with Gasteiger partial charge in [0.2, 0.25) is 0 Å². The van der Waals surface area contributed by atoms with Gasteiger partial charge in [0.15, 0.2) is 0 Å². The zero-order chi connectivity index (χ0) is 13.0. The van der Waals surface area contributed by atoms with Crippen LogP contribution in [-0.4, -0.2) is 36.2 Å². The maximum absolute atomic E-state index is 9.80. The van der Waals surface area contributed by atoms with Crippen molar-refractivity contribution in [3.05, 3.63) is 28.8 Å². The van der Waals surface area contributed by atoms with Crippen LogP contribution >= 0.6 is 11.6 Å². The lowest BCUT2D eigenvalue weighted by atomic mass is 10.0. The number of hydrogen-bond donors (Lipinski definition) is 2. The zero-order valence-corrected chi connectivity index (χ0v) is 11.6. The zero-order valence-electron chi connectivity index (χ0n) is 10.8. The molecule has 1 saturated heterocycles. The highest BCUT2D eigenvalue weighted by Crippen LogP contribution is 2.26. The van der Waals surface area contributed by atoms with Gasteiger partial charge in [-0.3, -0.25) is 0 Å². The van der Waals surface area contributed by atoms with E-state index < -0.39 is 0 Å². The van der Waals surface area contributed by atoms with Gasteiger partial charge < -0.3 is 15.3 Å². The second kappa shape index (κ2) is 6.41. The summed E-state index contributed by atoms with van der Waals surface area (Å²) < 4.78 is 0. The van der Waals surface area contributed by atoms with Crippen LogP contribution in [-0.2, 0) is 6.54 Å². The Morgan fingerprint density at radius 2 is 2.28 bits per heavy atom. The van der Waals surface area contributed by atoms with E-state index in [1.54, 1.807) is 6.07 Å².